The lowest BCUT2D eigenvalue weighted by Gasteiger charge is -2.31. The summed E-state index contributed by atoms with van der Waals surface area (Å²) in [7, 11) is 0. The van der Waals surface area contributed by atoms with Gasteiger partial charge in [0.1, 0.15) is 0 Å². The molecule has 0 aromatic heterocycles. The van der Waals surface area contributed by atoms with Crippen LogP contribution in [-0.4, -0.2) is 41.1 Å². The normalized spacial score (nSPS) is 36.4. The highest BCUT2D eigenvalue weighted by molar-refractivity contribution is 5.80. The molecule has 4 aliphatic rings. The number of hydrogen-bond acceptors (Lipinski definition) is 2. The highest BCUT2D eigenvalue weighted by Gasteiger charge is 2.56. The van der Waals surface area contributed by atoms with Crippen LogP contribution in [0.15, 0.2) is 0 Å². The lowest BCUT2D eigenvalue weighted by atomic mass is 9.81. The molecule has 3 aliphatic carbocycles. The van der Waals surface area contributed by atoms with Crippen molar-refractivity contribution in [1.82, 2.24) is 10.2 Å². The molecule has 5 nitrogen and oxygen atoms in total. The van der Waals surface area contributed by atoms with E-state index in [2.05, 4.69) is 5.32 Å². The number of carboxylic acid groups (broad SMARTS) is 1. The number of likely N-dealkylation sites (tertiary alicyclic amines) is 1. The first-order valence-electron chi connectivity index (χ1n) is 8.82. The Balaban J connectivity index is 1.35. The molecule has 2 atom stereocenters. The van der Waals surface area contributed by atoms with Crippen LogP contribution in [0.2, 0.25) is 0 Å². The second-order valence-corrected chi connectivity index (χ2v) is 8.15. The number of carbonyl (C=O) groups excluding carboxylic acids is 1. The molecule has 3 saturated carbocycles. The number of carbonyl (C=O) groups is 2. The molecule has 2 amide bonds. The number of fused-ring (bicyclic) bond motifs is 1. The smallest absolute Gasteiger partial charge is 0.317 e. The average molecular weight is 306 g/mol. The number of amides is 2. The number of carboxylic acids is 1. The monoisotopic (exact) mass is 306 g/mol. The van der Waals surface area contributed by atoms with Crippen LogP contribution in [0, 0.1) is 16.7 Å². The van der Waals surface area contributed by atoms with Crippen LogP contribution >= 0.6 is 0 Å². The minimum atomic E-state index is -0.710. The van der Waals surface area contributed by atoms with Gasteiger partial charge in [-0.2, -0.15) is 0 Å². The summed E-state index contributed by atoms with van der Waals surface area (Å²) in [5.41, 5.74) is -0.0265. The van der Waals surface area contributed by atoms with Gasteiger partial charge in [0.05, 0.1) is 5.41 Å². The van der Waals surface area contributed by atoms with Gasteiger partial charge in [0.2, 0.25) is 0 Å². The van der Waals surface area contributed by atoms with Crippen LogP contribution in [0.25, 0.3) is 0 Å². The SMILES string of the molecule is O=C(NC1CCC2(CC1)CC2)N1C[C@@H]2CCC[C@@]2(C(=O)O)C1. The number of aliphatic carboxylic acids is 1. The molecule has 0 radical (unpaired) electrons. The molecule has 22 heavy (non-hydrogen) atoms. The third kappa shape index (κ3) is 2.20. The van der Waals surface area contributed by atoms with Crippen LogP contribution in [0.3, 0.4) is 0 Å². The topological polar surface area (TPSA) is 69.6 Å². The van der Waals surface area contributed by atoms with E-state index in [1.165, 1.54) is 25.7 Å². The Labute approximate surface area is 131 Å². The summed E-state index contributed by atoms with van der Waals surface area (Å²) in [5, 5.41) is 12.8. The predicted octanol–water partition coefficient (Wildman–Crippen LogP) is 2.61. The summed E-state index contributed by atoms with van der Waals surface area (Å²) < 4.78 is 0. The quantitative estimate of drug-likeness (QED) is 0.824. The van der Waals surface area contributed by atoms with E-state index in [0.717, 1.165) is 32.1 Å². The standard InChI is InChI=1S/C17H26N2O3/c20-14(21)17-5-1-2-12(17)10-19(11-17)15(22)18-13-3-6-16(7-4-13)8-9-16/h12-13H,1-11H2,(H,18,22)(H,20,21)/t12-,17+/m0/s1. The van der Waals surface area contributed by atoms with E-state index in [-0.39, 0.29) is 11.9 Å². The summed E-state index contributed by atoms with van der Waals surface area (Å²) in [6.07, 6.45) is 10.1. The van der Waals surface area contributed by atoms with Gasteiger partial charge in [-0.3, -0.25) is 4.79 Å². The minimum absolute atomic E-state index is 0.0354. The fourth-order valence-corrected chi connectivity index (χ4v) is 5.11. The zero-order valence-corrected chi connectivity index (χ0v) is 13.1. The summed E-state index contributed by atoms with van der Waals surface area (Å²) in [4.78, 5) is 26.0. The number of nitrogens with one attached hydrogen (secondary N) is 1. The van der Waals surface area contributed by atoms with Crippen LogP contribution in [-0.2, 0) is 4.79 Å². The minimum Gasteiger partial charge on any atom is -0.481 e. The van der Waals surface area contributed by atoms with Crippen molar-refractivity contribution in [2.24, 2.45) is 16.7 Å². The summed E-state index contributed by atoms with van der Waals surface area (Å²) in [5.74, 6) is -0.560. The van der Waals surface area contributed by atoms with Gasteiger partial charge in [0.25, 0.3) is 0 Å². The van der Waals surface area contributed by atoms with Gasteiger partial charge >= 0.3 is 12.0 Å². The van der Waals surface area contributed by atoms with Gasteiger partial charge in [-0.15, -0.1) is 0 Å². The van der Waals surface area contributed by atoms with Crippen molar-refractivity contribution in [3.63, 3.8) is 0 Å². The number of hydrogen-bond donors (Lipinski definition) is 2. The summed E-state index contributed by atoms with van der Waals surface area (Å²) in [6, 6.07) is 0.256. The highest BCUT2D eigenvalue weighted by Crippen LogP contribution is 2.56. The van der Waals surface area contributed by atoms with E-state index in [4.69, 9.17) is 0 Å². The van der Waals surface area contributed by atoms with E-state index >= 15 is 0 Å². The van der Waals surface area contributed by atoms with Gasteiger partial charge in [0.15, 0.2) is 0 Å². The van der Waals surface area contributed by atoms with Crippen LogP contribution in [0.1, 0.15) is 57.8 Å². The van der Waals surface area contributed by atoms with E-state index in [9.17, 15) is 14.7 Å². The molecular weight excluding hydrogens is 280 g/mol. The maximum atomic E-state index is 12.5. The molecule has 1 spiro atoms. The molecule has 2 N–H and O–H groups in total. The molecule has 1 heterocycles. The second-order valence-electron chi connectivity index (χ2n) is 8.15. The lowest BCUT2D eigenvalue weighted by molar-refractivity contribution is -0.149. The molecule has 4 fully saturated rings. The molecule has 1 saturated heterocycles. The van der Waals surface area contributed by atoms with Gasteiger partial charge in [-0.25, -0.2) is 4.79 Å². The van der Waals surface area contributed by atoms with Crippen LogP contribution in [0.5, 0.6) is 0 Å². The van der Waals surface area contributed by atoms with Crippen molar-refractivity contribution in [3.8, 4) is 0 Å². The second kappa shape index (κ2) is 4.87. The third-order valence-electron chi connectivity index (χ3n) is 6.91. The fraction of sp³-hybridized carbons (Fsp3) is 0.882. The molecule has 0 unspecified atom stereocenters. The Morgan fingerprint density at radius 1 is 1.05 bits per heavy atom. The first kappa shape index (κ1) is 14.3. The Hall–Kier alpha value is -1.26. The molecule has 5 heteroatoms. The Morgan fingerprint density at radius 2 is 1.77 bits per heavy atom. The maximum Gasteiger partial charge on any atom is 0.317 e. The first-order chi connectivity index (χ1) is 10.5. The Bertz CT molecular complexity index is 492. The van der Waals surface area contributed by atoms with Crippen molar-refractivity contribution in [2.75, 3.05) is 13.1 Å². The number of urea groups is 1. The summed E-state index contributed by atoms with van der Waals surface area (Å²) >= 11 is 0. The van der Waals surface area contributed by atoms with Gasteiger partial charge < -0.3 is 15.3 Å². The van der Waals surface area contributed by atoms with Gasteiger partial charge in [-0.05, 0) is 62.7 Å². The fourth-order valence-electron chi connectivity index (χ4n) is 5.11. The Morgan fingerprint density at radius 3 is 2.36 bits per heavy atom. The van der Waals surface area contributed by atoms with E-state index in [0.29, 0.717) is 24.5 Å². The van der Waals surface area contributed by atoms with E-state index in [1.54, 1.807) is 4.90 Å². The molecule has 0 aromatic rings. The van der Waals surface area contributed by atoms with Crippen LogP contribution < -0.4 is 5.32 Å². The third-order valence-corrected chi connectivity index (χ3v) is 6.91. The molecule has 0 bridgehead atoms. The molecule has 0 aromatic carbocycles. The van der Waals surface area contributed by atoms with Gasteiger partial charge in [-0.1, -0.05) is 6.42 Å². The number of rotatable bonds is 2. The zero-order chi connectivity index (χ0) is 15.4. The van der Waals surface area contributed by atoms with E-state index in [1.807, 2.05) is 0 Å². The highest BCUT2D eigenvalue weighted by atomic mass is 16.4. The predicted molar refractivity (Wildman–Crippen MR) is 81.4 cm³/mol. The lowest BCUT2D eigenvalue weighted by Crippen LogP contribution is -2.46. The van der Waals surface area contributed by atoms with Crippen molar-refractivity contribution < 1.29 is 14.7 Å². The van der Waals surface area contributed by atoms with E-state index < -0.39 is 11.4 Å². The van der Waals surface area contributed by atoms with Crippen molar-refractivity contribution in [1.29, 1.82) is 0 Å². The Kier molecular flexibility index (Phi) is 3.17. The molecule has 4 rings (SSSR count). The largest absolute Gasteiger partial charge is 0.481 e. The molecule has 122 valence electrons. The maximum absolute atomic E-state index is 12.5. The zero-order valence-electron chi connectivity index (χ0n) is 13.1. The van der Waals surface area contributed by atoms with Crippen molar-refractivity contribution in [2.45, 2.75) is 63.8 Å². The number of nitrogens with zero attached hydrogens (tertiary/aromatic N) is 1. The van der Waals surface area contributed by atoms with Crippen molar-refractivity contribution >= 4 is 12.0 Å². The average Bonchev–Trinajstić information content (AvgIpc) is 2.95. The first-order valence-corrected chi connectivity index (χ1v) is 8.82. The molecular formula is C17H26N2O3. The van der Waals surface area contributed by atoms with Gasteiger partial charge in [0, 0.05) is 19.1 Å². The van der Waals surface area contributed by atoms with Crippen LogP contribution in [0.4, 0.5) is 4.79 Å². The summed E-state index contributed by atoms with van der Waals surface area (Å²) in [6.45, 7) is 1.02. The molecule has 1 aliphatic heterocycles. The van der Waals surface area contributed by atoms with Crippen molar-refractivity contribution in [3.05, 3.63) is 0 Å².